The van der Waals surface area contributed by atoms with Crippen LogP contribution in [0.1, 0.15) is 196 Å². The molecule has 0 spiro atoms. The Kier molecular flexibility index (Phi) is 27.7. The zero-order valence-electron chi connectivity index (χ0n) is 38.3. The second-order valence-electron chi connectivity index (χ2n) is 16.0. The number of hydrogen-bond acceptors (Lipinski definition) is 9. The molecule has 0 bridgehead atoms. The lowest BCUT2D eigenvalue weighted by molar-refractivity contribution is 0.234. The predicted octanol–water partition coefficient (Wildman–Crippen LogP) is 15.6. The van der Waals surface area contributed by atoms with Crippen molar-refractivity contribution in [3.8, 4) is 55.6 Å². The smallest absolute Gasteiger partial charge is 0.203 e. The van der Waals surface area contributed by atoms with Gasteiger partial charge >= 0.3 is 0 Å². The molecule has 59 heavy (non-hydrogen) atoms. The van der Waals surface area contributed by atoms with Crippen LogP contribution in [0, 0.1) is 0 Å². The second kappa shape index (κ2) is 32.6. The van der Waals surface area contributed by atoms with Gasteiger partial charge in [-0.1, -0.05) is 168 Å². The number of aromatic nitrogens is 2. The van der Waals surface area contributed by atoms with Crippen molar-refractivity contribution in [3.63, 3.8) is 0 Å². The van der Waals surface area contributed by atoms with E-state index in [0.29, 0.717) is 74.1 Å². The van der Waals surface area contributed by atoms with Gasteiger partial charge in [-0.2, -0.15) is 0 Å². The highest BCUT2D eigenvalue weighted by Gasteiger charge is 2.22. The Morgan fingerprint density at radius 3 is 0.797 bits per heavy atom. The Morgan fingerprint density at radius 1 is 0.322 bits per heavy atom. The molecule has 0 aliphatic carbocycles. The molecule has 0 radical (unpaired) electrons. The summed E-state index contributed by atoms with van der Waals surface area (Å²) in [7, 11) is 0. The largest absolute Gasteiger partial charge is 0.490 e. The molecule has 0 saturated carbocycles. The molecule has 3 aromatic rings. The number of nitrogens with zero attached hydrogens (tertiary/aromatic N) is 2. The lowest BCUT2D eigenvalue weighted by Crippen LogP contribution is -2.06. The van der Waals surface area contributed by atoms with Crippen LogP contribution in [0.25, 0.3) is 21.1 Å². The topological polar surface area (TPSA) is 81.2 Å². The Balaban J connectivity index is 2.03. The molecule has 0 aliphatic heterocycles. The van der Waals surface area contributed by atoms with E-state index in [1.807, 2.05) is 0 Å². The van der Waals surface area contributed by atoms with Crippen LogP contribution in [-0.2, 0) is 0 Å². The molecule has 0 saturated heterocycles. The van der Waals surface area contributed by atoms with E-state index in [2.05, 4.69) is 65.8 Å². The maximum absolute atomic E-state index is 6.53. The monoisotopic (exact) mass is 839 g/mol. The molecule has 0 aliphatic rings. The molecular weight excluding hydrogens is 757 g/mol. The van der Waals surface area contributed by atoms with Crippen LogP contribution in [0.4, 0.5) is 0 Å². The van der Waals surface area contributed by atoms with E-state index in [1.165, 1.54) is 77.0 Å². The van der Waals surface area contributed by atoms with Crippen LogP contribution in [-0.4, -0.2) is 49.8 Å². The SMILES string of the molecule is CCCCCCOc1cc(-c2nnc(-c3cc(OCCCCCC)c(OCCCCCC)c(OCCCCCC)c3)s2)cc(OCCCCCC)c1OCCCCCC. The molecule has 334 valence electrons. The summed E-state index contributed by atoms with van der Waals surface area (Å²) in [6.07, 6.45) is 27.2. The Labute approximate surface area is 363 Å². The summed E-state index contributed by atoms with van der Waals surface area (Å²) in [5, 5.41) is 11.1. The Hall–Kier alpha value is -3.20. The number of rotatable bonds is 38. The van der Waals surface area contributed by atoms with Gasteiger partial charge in [0.15, 0.2) is 23.0 Å². The van der Waals surface area contributed by atoms with Gasteiger partial charge in [0.1, 0.15) is 10.0 Å². The first-order valence-electron chi connectivity index (χ1n) is 24.1. The maximum atomic E-state index is 6.53. The lowest BCUT2D eigenvalue weighted by atomic mass is 10.1. The summed E-state index contributed by atoms with van der Waals surface area (Å²) in [6, 6.07) is 8.28. The van der Waals surface area contributed by atoms with Gasteiger partial charge in [0, 0.05) is 11.1 Å². The minimum atomic E-state index is 0.627. The molecule has 1 aromatic heterocycles. The third kappa shape index (κ3) is 19.8. The van der Waals surface area contributed by atoms with Gasteiger partial charge in [0.2, 0.25) is 11.5 Å². The van der Waals surface area contributed by atoms with Crippen molar-refractivity contribution >= 4 is 11.3 Å². The first-order chi connectivity index (χ1) is 29.1. The van der Waals surface area contributed by atoms with Gasteiger partial charge in [-0.3, -0.25) is 0 Å². The second-order valence-corrected chi connectivity index (χ2v) is 16.9. The average molecular weight is 839 g/mol. The molecule has 2 aromatic carbocycles. The maximum Gasteiger partial charge on any atom is 0.203 e. The zero-order valence-corrected chi connectivity index (χ0v) is 39.1. The summed E-state index contributed by atoms with van der Waals surface area (Å²) in [6.45, 7) is 17.2. The van der Waals surface area contributed by atoms with Crippen LogP contribution < -0.4 is 28.4 Å². The third-order valence-electron chi connectivity index (χ3n) is 10.5. The summed E-state index contributed by atoms with van der Waals surface area (Å²) in [5.74, 6) is 4.27. The van der Waals surface area contributed by atoms with E-state index >= 15 is 0 Å². The van der Waals surface area contributed by atoms with Crippen molar-refractivity contribution in [2.45, 2.75) is 196 Å². The first-order valence-corrected chi connectivity index (χ1v) is 24.9. The summed E-state index contributed by atoms with van der Waals surface area (Å²) < 4.78 is 39.1. The highest BCUT2D eigenvalue weighted by Crippen LogP contribution is 2.46. The number of unbranched alkanes of at least 4 members (excludes halogenated alkanes) is 18. The van der Waals surface area contributed by atoms with E-state index < -0.39 is 0 Å². The van der Waals surface area contributed by atoms with Crippen molar-refractivity contribution in [1.82, 2.24) is 10.2 Å². The molecule has 0 amide bonds. The van der Waals surface area contributed by atoms with E-state index in [4.69, 9.17) is 38.6 Å². The first kappa shape index (κ1) is 50.2. The van der Waals surface area contributed by atoms with Crippen LogP contribution in [0.15, 0.2) is 24.3 Å². The van der Waals surface area contributed by atoms with Crippen molar-refractivity contribution < 1.29 is 28.4 Å². The summed E-state index contributed by atoms with van der Waals surface area (Å²) in [4.78, 5) is 0. The standard InChI is InChI=1S/C50H82N2O6S/c1-7-13-19-25-31-53-43-37-41(38-44(54-32-26-20-14-8-2)47(43)57-35-29-23-17-11-5)49-51-52-50(59-49)42-39-45(55-33-27-21-15-9-3)48(58-36-30-24-18-12-6)46(40-42)56-34-28-22-16-10-4/h37-40H,7-36H2,1-6H3. The molecule has 0 atom stereocenters. The highest BCUT2D eigenvalue weighted by atomic mass is 32.1. The van der Waals surface area contributed by atoms with Gasteiger partial charge in [-0.15, -0.1) is 10.2 Å². The van der Waals surface area contributed by atoms with Gasteiger partial charge in [0.05, 0.1) is 39.6 Å². The molecular formula is C50H82N2O6S. The van der Waals surface area contributed by atoms with E-state index in [9.17, 15) is 0 Å². The van der Waals surface area contributed by atoms with Gasteiger partial charge in [-0.05, 0) is 62.8 Å². The minimum absolute atomic E-state index is 0.627. The fraction of sp³-hybridized carbons (Fsp3) is 0.720. The normalized spacial score (nSPS) is 11.2. The van der Waals surface area contributed by atoms with E-state index in [1.54, 1.807) is 11.3 Å². The molecule has 9 heteroatoms. The molecule has 8 nitrogen and oxygen atoms in total. The highest BCUT2D eigenvalue weighted by molar-refractivity contribution is 7.17. The third-order valence-corrected chi connectivity index (χ3v) is 11.5. The van der Waals surface area contributed by atoms with Crippen LogP contribution in [0.3, 0.4) is 0 Å². The summed E-state index contributed by atoms with van der Waals surface area (Å²) in [5.41, 5.74) is 1.82. The van der Waals surface area contributed by atoms with E-state index in [-0.39, 0.29) is 0 Å². The van der Waals surface area contributed by atoms with Crippen molar-refractivity contribution in [2.24, 2.45) is 0 Å². The number of benzene rings is 2. The molecule has 0 unspecified atom stereocenters. The minimum Gasteiger partial charge on any atom is -0.490 e. The summed E-state index contributed by atoms with van der Waals surface area (Å²) >= 11 is 1.55. The van der Waals surface area contributed by atoms with Crippen LogP contribution >= 0.6 is 11.3 Å². The molecule has 0 N–H and O–H groups in total. The average Bonchev–Trinajstić information content (AvgIpc) is 3.75. The lowest BCUT2D eigenvalue weighted by Gasteiger charge is -2.19. The fourth-order valence-electron chi connectivity index (χ4n) is 6.82. The molecule has 3 rings (SSSR count). The van der Waals surface area contributed by atoms with Crippen molar-refractivity contribution in [1.29, 1.82) is 0 Å². The van der Waals surface area contributed by atoms with Gasteiger partial charge in [0.25, 0.3) is 0 Å². The molecule has 1 heterocycles. The van der Waals surface area contributed by atoms with Gasteiger partial charge < -0.3 is 28.4 Å². The zero-order chi connectivity index (χ0) is 42.2. The Bertz CT molecular complexity index is 1320. The number of ether oxygens (including phenoxy) is 6. The van der Waals surface area contributed by atoms with Crippen LogP contribution in [0.2, 0.25) is 0 Å². The Morgan fingerprint density at radius 2 is 0.559 bits per heavy atom. The predicted molar refractivity (Wildman–Crippen MR) is 249 cm³/mol. The van der Waals surface area contributed by atoms with Crippen LogP contribution in [0.5, 0.6) is 34.5 Å². The quantitative estimate of drug-likeness (QED) is 0.0528. The molecule has 0 fully saturated rings. The van der Waals surface area contributed by atoms with Gasteiger partial charge in [-0.25, -0.2) is 0 Å². The van der Waals surface area contributed by atoms with Crippen molar-refractivity contribution in [2.75, 3.05) is 39.6 Å². The fourth-order valence-corrected chi connectivity index (χ4v) is 7.64. The van der Waals surface area contributed by atoms with E-state index in [0.717, 1.165) is 98.2 Å². The van der Waals surface area contributed by atoms with Crippen molar-refractivity contribution in [3.05, 3.63) is 24.3 Å². The number of hydrogen-bond donors (Lipinski definition) is 0.